The molecule has 0 aliphatic carbocycles. The normalized spacial score (nSPS) is 14.7. The van der Waals surface area contributed by atoms with E-state index in [0.717, 1.165) is 11.6 Å². The lowest BCUT2D eigenvalue weighted by Crippen LogP contribution is -2.21. The standard InChI is InChI=1S/C10H17N3O2/c1-6(7(2)10(14)15-5)9-12-11-8(3)13(9)4/h6-7H,1-5H3. The lowest BCUT2D eigenvalue weighted by Gasteiger charge is -2.16. The highest BCUT2D eigenvalue weighted by molar-refractivity contribution is 5.72. The fraction of sp³-hybridized carbons (Fsp3) is 0.700. The van der Waals surface area contributed by atoms with Gasteiger partial charge in [0.25, 0.3) is 0 Å². The highest BCUT2D eigenvalue weighted by Crippen LogP contribution is 2.23. The Hall–Kier alpha value is -1.39. The first kappa shape index (κ1) is 11.7. The van der Waals surface area contributed by atoms with Crippen molar-refractivity contribution in [2.75, 3.05) is 7.11 Å². The zero-order chi connectivity index (χ0) is 11.6. The van der Waals surface area contributed by atoms with Crippen molar-refractivity contribution in [3.8, 4) is 0 Å². The molecule has 2 unspecified atom stereocenters. The molecule has 0 aliphatic rings. The second kappa shape index (κ2) is 4.42. The number of esters is 1. The van der Waals surface area contributed by atoms with Gasteiger partial charge in [-0.3, -0.25) is 4.79 Å². The molecule has 5 nitrogen and oxygen atoms in total. The monoisotopic (exact) mass is 211 g/mol. The first-order valence-corrected chi connectivity index (χ1v) is 4.92. The third kappa shape index (κ3) is 2.16. The van der Waals surface area contributed by atoms with Gasteiger partial charge in [0.15, 0.2) is 0 Å². The van der Waals surface area contributed by atoms with E-state index in [4.69, 9.17) is 4.74 Å². The molecule has 0 N–H and O–H groups in total. The van der Waals surface area contributed by atoms with E-state index in [0.29, 0.717) is 0 Å². The van der Waals surface area contributed by atoms with Crippen LogP contribution < -0.4 is 0 Å². The molecular formula is C10H17N3O2. The number of nitrogens with zero attached hydrogens (tertiary/aromatic N) is 3. The van der Waals surface area contributed by atoms with Crippen molar-refractivity contribution in [2.45, 2.75) is 26.7 Å². The quantitative estimate of drug-likeness (QED) is 0.701. The summed E-state index contributed by atoms with van der Waals surface area (Å²) in [5.74, 6) is 1.23. The fourth-order valence-electron chi connectivity index (χ4n) is 1.43. The first-order chi connectivity index (χ1) is 6.99. The Morgan fingerprint density at radius 3 is 2.40 bits per heavy atom. The van der Waals surface area contributed by atoms with Gasteiger partial charge in [-0.15, -0.1) is 10.2 Å². The van der Waals surface area contributed by atoms with Crippen LogP contribution in [0.25, 0.3) is 0 Å². The molecule has 0 aliphatic heterocycles. The number of aryl methyl sites for hydroxylation is 1. The highest BCUT2D eigenvalue weighted by atomic mass is 16.5. The molecule has 5 heteroatoms. The van der Waals surface area contributed by atoms with Crippen LogP contribution in [0.5, 0.6) is 0 Å². The third-order valence-corrected chi connectivity index (χ3v) is 2.86. The molecule has 1 rings (SSSR count). The van der Waals surface area contributed by atoms with E-state index in [1.165, 1.54) is 7.11 Å². The molecule has 0 fully saturated rings. The van der Waals surface area contributed by atoms with Crippen LogP contribution in [0.3, 0.4) is 0 Å². The van der Waals surface area contributed by atoms with Crippen LogP contribution in [0, 0.1) is 12.8 Å². The van der Waals surface area contributed by atoms with E-state index >= 15 is 0 Å². The molecule has 0 radical (unpaired) electrons. The van der Waals surface area contributed by atoms with E-state index in [1.807, 2.05) is 32.4 Å². The Morgan fingerprint density at radius 2 is 2.00 bits per heavy atom. The Balaban J connectivity index is 2.89. The molecule has 84 valence electrons. The summed E-state index contributed by atoms with van der Waals surface area (Å²) in [6.07, 6.45) is 0. The van der Waals surface area contributed by atoms with Crippen molar-refractivity contribution in [2.24, 2.45) is 13.0 Å². The molecule has 0 saturated carbocycles. The second-order valence-electron chi connectivity index (χ2n) is 3.76. The number of rotatable bonds is 3. The van der Waals surface area contributed by atoms with E-state index in [2.05, 4.69) is 10.2 Å². The van der Waals surface area contributed by atoms with Crippen molar-refractivity contribution < 1.29 is 9.53 Å². The van der Waals surface area contributed by atoms with Crippen molar-refractivity contribution in [1.29, 1.82) is 0 Å². The summed E-state index contributed by atoms with van der Waals surface area (Å²) in [5.41, 5.74) is 0. The zero-order valence-corrected chi connectivity index (χ0v) is 9.81. The zero-order valence-electron chi connectivity index (χ0n) is 9.81. The van der Waals surface area contributed by atoms with E-state index in [-0.39, 0.29) is 17.8 Å². The molecule has 0 saturated heterocycles. The van der Waals surface area contributed by atoms with Gasteiger partial charge in [-0.25, -0.2) is 0 Å². The minimum absolute atomic E-state index is 0.00338. The summed E-state index contributed by atoms with van der Waals surface area (Å²) in [5, 5.41) is 8.02. The van der Waals surface area contributed by atoms with E-state index < -0.39 is 0 Å². The fourth-order valence-corrected chi connectivity index (χ4v) is 1.43. The molecular weight excluding hydrogens is 194 g/mol. The molecule has 0 amide bonds. The van der Waals surface area contributed by atoms with Crippen LogP contribution in [-0.4, -0.2) is 27.8 Å². The van der Waals surface area contributed by atoms with Crippen LogP contribution in [0.4, 0.5) is 0 Å². The van der Waals surface area contributed by atoms with Crippen LogP contribution >= 0.6 is 0 Å². The average Bonchev–Trinajstić information content (AvgIpc) is 2.56. The molecule has 1 aromatic rings. The lowest BCUT2D eigenvalue weighted by molar-refractivity contribution is -0.145. The minimum atomic E-state index is -0.219. The molecule has 0 spiro atoms. The van der Waals surface area contributed by atoms with Gasteiger partial charge < -0.3 is 9.30 Å². The summed E-state index contributed by atoms with van der Waals surface area (Å²) >= 11 is 0. The highest BCUT2D eigenvalue weighted by Gasteiger charge is 2.26. The van der Waals surface area contributed by atoms with Crippen LogP contribution in [0.15, 0.2) is 0 Å². The van der Waals surface area contributed by atoms with Gasteiger partial charge in [-0.2, -0.15) is 0 Å². The number of hydrogen-bond donors (Lipinski definition) is 0. The number of methoxy groups -OCH3 is 1. The van der Waals surface area contributed by atoms with Gasteiger partial charge in [-0.05, 0) is 6.92 Å². The van der Waals surface area contributed by atoms with E-state index in [9.17, 15) is 4.79 Å². The molecule has 1 heterocycles. The Labute approximate surface area is 89.5 Å². The van der Waals surface area contributed by atoms with Crippen molar-refractivity contribution in [3.63, 3.8) is 0 Å². The Bertz CT molecular complexity index is 360. The number of carbonyl (C=O) groups is 1. The van der Waals surface area contributed by atoms with Gasteiger partial charge in [-0.1, -0.05) is 13.8 Å². The van der Waals surface area contributed by atoms with Crippen LogP contribution in [-0.2, 0) is 16.6 Å². The lowest BCUT2D eigenvalue weighted by atomic mass is 9.95. The maximum Gasteiger partial charge on any atom is 0.309 e. The van der Waals surface area contributed by atoms with Gasteiger partial charge in [0, 0.05) is 13.0 Å². The number of aromatic nitrogens is 3. The molecule has 2 atom stereocenters. The predicted octanol–water partition coefficient (Wildman–Crippen LogP) is 1.04. The summed E-state index contributed by atoms with van der Waals surface area (Å²) < 4.78 is 6.60. The minimum Gasteiger partial charge on any atom is -0.469 e. The Kier molecular flexibility index (Phi) is 3.44. The average molecular weight is 211 g/mol. The van der Waals surface area contributed by atoms with Crippen molar-refractivity contribution in [3.05, 3.63) is 11.6 Å². The van der Waals surface area contributed by atoms with Gasteiger partial charge in [0.1, 0.15) is 11.6 Å². The number of ether oxygens (including phenoxy) is 1. The first-order valence-electron chi connectivity index (χ1n) is 4.92. The van der Waals surface area contributed by atoms with Crippen molar-refractivity contribution >= 4 is 5.97 Å². The molecule has 15 heavy (non-hydrogen) atoms. The molecule has 0 aromatic carbocycles. The molecule has 1 aromatic heterocycles. The smallest absolute Gasteiger partial charge is 0.309 e. The second-order valence-corrected chi connectivity index (χ2v) is 3.76. The number of carbonyl (C=O) groups excluding carboxylic acids is 1. The van der Waals surface area contributed by atoms with Gasteiger partial charge in [0.2, 0.25) is 0 Å². The van der Waals surface area contributed by atoms with E-state index in [1.54, 1.807) is 0 Å². The number of hydrogen-bond acceptors (Lipinski definition) is 4. The van der Waals surface area contributed by atoms with Crippen LogP contribution in [0.1, 0.15) is 31.4 Å². The predicted molar refractivity (Wildman–Crippen MR) is 55.3 cm³/mol. The largest absolute Gasteiger partial charge is 0.469 e. The summed E-state index contributed by atoms with van der Waals surface area (Å²) in [4.78, 5) is 11.4. The van der Waals surface area contributed by atoms with Gasteiger partial charge >= 0.3 is 5.97 Å². The van der Waals surface area contributed by atoms with Crippen LogP contribution in [0.2, 0.25) is 0 Å². The van der Waals surface area contributed by atoms with Crippen molar-refractivity contribution in [1.82, 2.24) is 14.8 Å². The maximum absolute atomic E-state index is 11.4. The summed E-state index contributed by atoms with van der Waals surface area (Å²) in [6.45, 7) is 5.66. The summed E-state index contributed by atoms with van der Waals surface area (Å²) in [6, 6.07) is 0. The SMILES string of the molecule is COC(=O)C(C)C(C)c1nnc(C)n1C. The van der Waals surface area contributed by atoms with Gasteiger partial charge in [0.05, 0.1) is 13.0 Å². The third-order valence-electron chi connectivity index (χ3n) is 2.86. The Morgan fingerprint density at radius 1 is 1.40 bits per heavy atom. The topological polar surface area (TPSA) is 57.0 Å². The maximum atomic E-state index is 11.4. The molecule has 0 bridgehead atoms. The summed E-state index contributed by atoms with van der Waals surface area (Å²) in [7, 11) is 3.29.